The first-order valence-electron chi connectivity index (χ1n) is 9.61. The maximum absolute atomic E-state index is 13.3. The van der Waals surface area contributed by atoms with Gasteiger partial charge in [-0.15, -0.1) is 0 Å². The number of aromatic hydroxyl groups is 1. The number of Topliss-reactive ketones (excluding diaryl/α,β-unsaturated/α-hetero) is 1. The Morgan fingerprint density at radius 2 is 2.08 bits per heavy atom. The van der Waals surface area contributed by atoms with Crippen molar-refractivity contribution in [1.82, 2.24) is 4.90 Å². The van der Waals surface area contributed by atoms with E-state index in [0.29, 0.717) is 11.7 Å². The maximum atomic E-state index is 13.3. The Kier molecular flexibility index (Phi) is 3.76. The summed E-state index contributed by atoms with van der Waals surface area (Å²) in [5, 5.41) is 10.4. The van der Waals surface area contributed by atoms with Gasteiger partial charge < -0.3 is 5.11 Å². The predicted octanol–water partition coefficient (Wildman–Crippen LogP) is 3.92. The van der Waals surface area contributed by atoms with Gasteiger partial charge in [0.1, 0.15) is 5.75 Å². The molecule has 3 atom stereocenters. The average molecular weight is 327 g/mol. The Labute approximate surface area is 145 Å². The van der Waals surface area contributed by atoms with Gasteiger partial charge in [0, 0.05) is 12.1 Å². The van der Waals surface area contributed by atoms with Gasteiger partial charge in [0.25, 0.3) is 0 Å². The van der Waals surface area contributed by atoms with Crippen LogP contribution in [0.1, 0.15) is 67.9 Å². The molecule has 1 saturated heterocycles. The zero-order chi connectivity index (χ0) is 17.1. The van der Waals surface area contributed by atoms with Crippen LogP contribution in [0.2, 0.25) is 0 Å². The second kappa shape index (κ2) is 5.59. The largest absolute Gasteiger partial charge is 0.508 e. The highest BCUT2D eigenvalue weighted by Gasteiger charge is 2.53. The van der Waals surface area contributed by atoms with Gasteiger partial charge >= 0.3 is 0 Å². The lowest BCUT2D eigenvalue weighted by atomic mass is 9.57. The summed E-state index contributed by atoms with van der Waals surface area (Å²) in [7, 11) is 0. The molecular weight excluding hydrogens is 298 g/mol. The monoisotopic (exact) mass is 327 g/mol. The van der Waals surface area contributed by atoms with Crippen molar-refractivity contribution in [3.05, 3.63) is 28.8 Å². The van der Waals surface area contributed by atoms with E-state index in [0.717, 1.165) is 55.0 Å². The number of phenols is 1. The van der Waals surface area contributed by atoms with Crippen molar-refractivity contribution in [1.29, 1.82) is 0 Å². The molecule has 0 amide bonds. The molecule has 1 saturated carbocycles. The van der Waals surface area contributed by atoms with Crippen LogP contribution in [0.15, 0.2) is 12.1 Å². The minimum Gasteiger partial charge on any atom is -0.508 e. The topological polar surface area (TPSA) is 40.5 Å². The molecule has 24 heavy (non-hydrogen) atoms. The van der Waals surface area contributed by atoms with E-state index in [1.54, 1.807) is 6.07 Å². The summed E-state index contributed by atoms with van der Waals surface area (Å²) in [6.07, 6.45) is 5.57. The van der Waals surface area contributed by atoms with Crippen molar-refractivity contribution in [3.8, 4) is 5.75 Å². The van der Waals surface area contributed by atoms with Crippen molar-refractivity contribution in [2.75, 3.05) is 13.1 Å². The fourth-order valence-corrected chi connectivity index (χ4v) is 5.15. The summed E-state index contributed by atoms with van der Waals surface area (Å²) in [6, 6.07) is 3.64. The zero-order valence-electron chi connectivity index (χ0n) is 15.1. The van der Waals surface area contributed by atoms with Gasteiger partial charge in [-0.25, -0.2) is 0 Å². The molecular formula is C21H29NO2. The van der Waals surface area contributed by atoms with Gasteiger partial charge in [-0.3, -0.25) is 9.69 Å². The van der Waals surface area contributed by atoms with Gasteiger partial charge in [0.2, 0.25) is 0 Å². The molecule has 2 aliphatic carbocycles. The second-order valence-corrected chi connectivity index (χ2v) is 8.44. The molecule has 0 unspecified atom stereocenters. The number of ketones is 1. The number of fused-ring (bicyclic) bond motifs is 4. The molecule has 1 aromatic rings. The minimum atomic E-state index is -0.00277. The van der Waals surface area contributed by atoms with Crippen molar-refractivity contribution >= 4 is 5.78 Å². The van der Waals surface area contributed by atoms with E-state index >= 15 is 0 Å². The summed E-state index contributed by atoms with van der Waals surface area (Å²) in [5.41, 5.74) is 3.05. The van der Waals surface area contributed by atoms with Crippen LogP contribution in [0.4, 0.5) is 0 Å². The molecule has 3 heteroatoms. The van der Waals surface area contributed by atoms with Crippen LogP contribution >= 0.6 is 0 Å². The molecule has 2 fully saturated rings. The van der Waals surface area contributed by atoms with E-state index in [1.165, 1.54) is 12.8 Å². The van der Waals surface area contributed by atoms with Gasteiger partial charge in [-0.1, -0.05) is 27.2 Å². The van der Waals surface area contributed by atoms with Gasteiger partial charge in [-0.2, -0.15) is 0 Å². The third-order valence-corrected chi connectivity index (χ3v) is 6.87. The number of phenolic OH excluding ortho intramolecular Hbond substituents is 1. The summed E-state index contributed by atoms with van der Waals surface area (Å²) in [6.45, 7) is 8.81. The van der Waals surface area contributed by atoms with Crippen molar-refractivity contribution < 1.29 is 9.90 Å². The summed E-state index contributed by atoms with van der Waals surface area (Å²) < 4.78 is 0. The number of benzene rings is 1. The molecule has 0 aromatic heterocycles. The number of rotatable bonds is 4. The third kappa shape index (κ3) is 2.24. The molecule has 1 aliphatic heterocycles. The van der Waals surface area contributed by atoms with Gasteiger partial charge in [0.15, 0.2) is 5.78 Å². The Morgan fingerprint density at radius 3 is 2.75 bits per heavy atom. The highest BCUT2D eigenvalue weighted by atomic mass is 16.3. The number of nitrogens with zero attached hydrogens (tertiary/aromatic N) is 1. The normalized spacial score (nSPS) is 32.7. The molecule has 3 nitrogen and oxygen atoms in total. The summed E-state index contributed by atoms with van der Waals surface area (Å²) in [5.74, 6) is 1.77. The first-order chi connectivity index (χ1) is 11.5. The van der Waals surface area contributed by atoms with E-state index in [9.17, 15) is 9.90 Å². The predicted molar refractivity (Wildman–Crippen MR) is 95.7 cm³/mol. The Hall–Kier alpha value is -1.35. The van der Waals surface area contributed by atoms with Gasteiger partial charge in [0.05, 0.1) is 6.04 Å². The molecule has 1 heterocycles. The first kappa shape index (κ1) is 16.1. The highest BCUT2D eigenvalue weighted by Crippen LogP contribution is 2.51. The number of carbonyl (C=O) groups is 1. The highest BCUT2D eigenvalue weighted by molar-refractivity contribution is 6.04. The standard InChI is InChI=1S/C21H29NO2/c1-4-5-15-17(23)9-8-16-18(15)21(3)10-11-22(12-14-6-7-14)19(13(21)2)20(16)24/h8-9,13-14,19,23H,4-7,10-12H2,1-3H3/t13-,19-,21-/m0/s1. The van der Waals surface area contributed by atoms with Crippen molar-refractivity contribution in [3.63, 3.8) is 0 Å². The fraction of sp³-hybridized carbons (Fsp3) is 0.667. The quantitative estimate of drug-likeness (QED) is 0.911. The summed E-state index contributed by atoms with van der Waals surface area (Å²) in [4.78, 5) is 15.8. The lowest BCUT2D eigenvalue weighted by molar-refractivity contribution is 0.0262. The van der Waals surface area contributed by atoms with Crippen LogP contribution in [0, 0.1) is 11.8 Å². The molecule has 1 aromatic carbocycles. The van der Waals surface area contributed by atoms with Crippen LogP contribution in [-0.4, -0.2) is 34.9 Å². The number of carbonyl (C=O) groups excluding carboxylic acids is 1. The van der Waals surface area contributed by atoms with Crippen LogP contribution < -0.4 is 0 Å². The third-order valence-electron chi connectivity index (χ3n) is 6.87. The van der Waals surface area contributed by atoms with E-state index in [1.807, 2.05) is 6.07 Å². The number of piperidine rings is 1. The number of likely N-dealkylation sites (tertiary alicyclic amines) is 1. The van der Waals surface area contributed by atoms with Crippen LogP contribution in [0.5, 0.6) is 5.75 Å². The average Bonchev–Trinajstić information content (AvgIpc) is 3.36. The first-order valence-corrected chi connectivity index (χ1v) is 9.61. The summed E-state index contributed by atoms with van der Waals surface area (Å²) >= 11 is 0. The van der Waals surface area contributed by atoms with Crippen LogP contribution in [0.25, 0.3) is 0 Å². The zero-order valence-corrected chi connectivity index (χ0v) is 15.1. The van der Waals surface area contributed by atoms with Crippen molar-refractivity contribution in [2.24, 2.45) is 11.8 Å². The maximum Gasteiger partial charge on any atom is 0.180 e. The second-order valence-electron chi connectivity index (χ2n) is 8.44. The van der Waals surface area contributed by atoms with E-state index in [4.69, 9.17) is 0 Å². The molecule has 3 aliphatic rings. The number of hydrogen-bond acceptors (Lipinski definition) is 3. The fourth-order valence-electron chi connectivity index (χ4n) is 5.15. The minimum absolute atomic E-state index is 0.00277. The van der Waals surface area contributed by atoms with E-state index < -0.39 is 0 Å². The SMILES string of the molecule is CCCc1c(O)ccc2c1[C@@]1(C)CCN(CC3CC3)[C@H](C2=O)[C@@H]1C. The molecule has 0 radical (unpaired) electrons. The lowest BCUT2D eigenvalue weighted by Gasteiger charge is -2.54. The molecule has 4 rings (SSSR count). The van der Waals surface area contributed by atoms with Crippen LogP contribution in [0.3, 0.4) is 0 Å². The van der Waals surface area contributed by atoms with Gasteiger partial charge in [-0.05, 0) is 72.7 Å². The smallest absolute Gasteiger partial charge is 0.180 e. The molecule has 1 N–H and O–H groups in total. The van der Waals surface area contributed by atoms with Crippen molar-refractivity contribution in [2.45, 2.75) is 64.3 Å². The Bertz CT molecular complexity index is 679. The van der Waals surface area contributed by atoms with E-state index in [2.05, 4.69) is 25.7 Å². The lowest BCUT2D eigenvalue weighted by Crippen LogP contribution is -2.61. The molecule has 0 spiro atoms. The number of hydrogen-bond donors (Lipinski definition) is 1. The molecule has 130 valence electrons. The molecule has 2 bridgehead atoms. The van der Waals surface area contributed by atoms with E-state index in [-0.39, 0.29) is 17.2 Å². The Balaban J connectivity index is 1.83. The van der Waals surface area contributed by atoms with Crippen LogP contribution in [-0.2, 0) is 11.8 Å². The Morgan fingerprint density at radius 1 is 1.33 bits per heavy atom.